The van der Waals surface area contributed by atoms with Crippen molar-refractivity contribution in [1.29, 1.82) is 0 Å². The molecule has 1 amide bonds. The molecule has 2 N–H and O–H groups in total. The minimum atomic E-state index is -3.73. The van der Waals surface area contributed by atoms with Crippen molar-refractivity contribution >= 4 is 36.5 Å². The summed E-state index contributed by atoms with van der Waals surface area (Å²) in [5.41, 5.74) is 0.942. The summed E-state index contributed by atoms with van der Waals surface area (Å²) < 4.78 is 51.7. The highest BCUT2D eigenvalue weighted by atomic mass is 32.2. The highest BCUT2D eigenvalue weighted by Gasteiger charge is 2.36. The molecule has 0 radical (unpaired) electrons. The SMILES string of the molecule is CCCCS(=O)(=O)N[C@@H](Cc1ccc(OCCCCCCNC(=O)OC(C)(C)C)cc1)C(=O)Oc1ccccc1/C=C\CO[Si](C)(C)C(C)(C)C. The predicted octanol–water partition coefficient (Wildman–Crippen LogP) is 8.42. The minimum Gasteiger partial charge on any atom is -0.494 e. The second kappa shape index (κ2) is 20.7. The fourth-order valence-corrected chi connectivity index (χ4v) is 6.90. The number of benzene rings is 2. The van der Waals surface area contributed by atoms with Crippen LogP contribution in [0, 0.1) is 0 Å². The van der Waals surface area contributed by atoms with Crippen molar-refractivity contribution < 1.29 is 36.6 Å². The van der Waals surface area contributed by atoms with E-state index in [2.05, 4.69) is 43.9 Å². The monoisotopic (exact) mass is 746 g/mol. The van der Waals surface area contributed by atoms with Gasteiger partial charge < -0.3 is 24.0 Å². The molecule has 286 valence electrons. The van der Waals surface area contributed by atoms with Crippen molar-refractivity contribution in [3.63, 3.8) is 0 Å². The molecular weight excluding hydrogens is 685 g/mol. The largest absolute Gasteiger partial charge is 0.494 e. The van der Waals surface area contributed by atoms with Crippen LogP contribution in [0.25, 0.3) is 6.08 Å². The average molecular weight is 747 g/mol. The second-order valence-corrected chi connectivity index (χ2v) is 22.0. The number of amides is 1. The molecule has 0 spiro atoms. The van der Waals surface area contributed by atoms with Crippen LogP contribution in [-0.4, -0.2) is 66.0 Å². The molecule has 51 heavy (non-hydrogen) atoms. The molecule has 0 fully saturated rings. The summed E-state index contributed by atoms with van der Waals surface area (Å²) in [6.45, 7) is 19.9. The fraction of sp³-hybridized carbons (Fsp3) is 0.590. The third-order valence-corrected chi connectivity index (χ3v) is 14.5. The third kappa shape index (κ3) is 17.7. The van der Waals surface area contributed by atoms with Crippen LogP contribution in [0.1, 0.15) is 98.1 Å². The van der Waals surface area contributed by atoms with Crippen LogP contribution in [-0.2, 0) is 30.4 Å². The van der Waals surface area contributed by atoms with Crippen LogP contribution in [0.2, 0.25) is 18.1 Å². The number of alkyl carbamates (subject to hydrolysis) is 1. The Morgan fingerprint density at radius 2 is 1.57 bits per heavy atom. The van der Waals surface area contributed by atoms with Gasteiger partial charge in [0.05, 0.1) is 19.0 Å². The molecule has 0 heterocycles. The number of para-hydroxylation sites is 1. The van der Waals surface area contributed by atoms with Crippen molar-refractivity contribution in [2.24, 2.45) is 0 Å². The van der Waals surface area contributed by atoms with E-state index in [4.69, 9.17) is 18.6 Å². The van der Waals surface area contributed by atoms with Crippen LogP contribution in [0.15, 0.2) is 54.6 Å². The Morgan fingerprint density at radius 1 is 0.902 bits per heavy atom. The molecule has 0 aliphatic heterocycles. The maximum absolute atomic E-state index is 13.6. The lowest BCUT2D eigenvalue weighted by Gasteiger charge is -2.35. The molecule has 0 saturated carbocycles. The standard InChI is InChI=1S/C39H62N2O8SSi/c1-10-11-29-50(44,45)41-34(36(42)48-35-21-15-14-19-32(35)20-18-28-47-51(8,9)39(5,6)7)30-31-22-24-33(25-23-31)46-27-17-13-12-16-26-40-37(43)49-38(2,3)4/h14-15,18-25,34,41H,10-13,16-17,26-30H2,1-9H3,(H,40,43)/b20-18-/t34-/m0/s1. The highest BCUT2D eigenvalue weighted by molar-refractivity contribution is 7.89. The molecule has 0 bridgehead atoms. The van der Waals surface area contributed by atoms with E-state index < -0.39 is 42.0 Å². The molecule has 1 atom stereocenters. The maximum atomic E-state index is 13.6. The number of hydrogen-bond acceptors (Lipinski definition) is 8. The molecule has 0 aromatic heterocycles. The molecule has 12 heteroatoms. The molecule has 0 aliphatic rings. The van der Waals surface area contributed by atoms with E-state index in [1.165, 1.54) is 0 Å². The number of rotatable bonds is 21. The number of esters is 1. The lowest BCUT2D eigenvalue weighted by Crippen LogP contribution is -2.45. The Bertz CT molecular complexity index is 1500. The summed E-state index contributed by atoms with van der Waals surface area (Å²) in [5, 5.41) is 2.86. The van der Waals surface area contributed by atoms with Gasteiger partial charge in [0.1, 0.15) is 23.1 Å². The zero-order valence-electron chi connectivity index (χ0n) is 32.3. The normalized spacial score (nSPS) is 13.2. The zero-order chi connectivity index (χ0) is 38.1. The van der Waals surface area contributed by atoms with Gasteiger partial charge in [0.25, 0.3) is 0 Å². The topological polar surface area (TPSA) is 129 Å². The van der Waals surface area contributed by atoms with Crippen molar-refractivity contribution in [1.82, 2.24) is 10.0 Å². The molecule has 10 nitrogen and oxygen atoms in total. The summed E-state index contributed by atoms with van der Waals surface area (Å²) in [5.74, 6) is 0.265. The Hall–Kier alpha value is -3.19. The molecular formula is C39H62N2O8SSi. The third-order valence-electron chi connectivity index (χ3n) is 8.52. The summed E-state index contributed by atoms with van der Waals surface area (Å²) >= 11 is 0. The number of carbonyl (C=O) groups is 2. The number of sulfonamides is 1. The lowest BCUT2D eigenvalue weighted by molar-refractivity contribution is -0.136. The van der Waals surface area contributed by atoms with Crippen LogP contribution in [0.5, 0.6) is 11.5 Å². The van der Waals surface area contributed by atoms with Gasteiger partial charge in [-0.2, -0.15) is 0 Å². The predicted molar refractivity (Wildman–Crippen MR) is 208 cm³/mol. The van der Waals surface area contributed by atoms with Crippen LogP contribution in [0.3, 0.4) is 0 Å². The van der Waals surface area contributed by atoms with Gasteiger partial charge >= 0.3 is 12.1 Å². The van der Waals surface area contributed by atoms with Gasteiger partial charge in [-0.3, -0.25) is 0 Å². The van der Waals surface area contributed by atoms with E-state index in [1.807, 2.05) is 76.2 Å². The first-order chi connectivity index (χ1) is 23.8. The minimum absolute atomic E-state index is 0.0755. The first kappa shape index (κ1) is 44.0. The van der Waals surface area contributed by atoms with E-state index in [0.29, 0.717) is 49.7 Å². The Balaban J connectivity index is 1.99. The number of hydrogen-bond donors (Lipinski definition) is 2. The van der Waals surface area contributed by atoms with Crippen molar-refractivity contribution in [2.45, 2.75) is 123 Å². The van der Waals surface area contributed by atoms with Crippen molar-refractivity contribution in [3.8, 4) is 11.5 Å². The maximum Gasteiger partial charge on any atom is 0.407 e. The first-order valence-corrected chi connectivity index (χ1v) is 22.7. The van der Waals surface area contributed by atoms with E-state index in [1.54, 1.807) is 12.1 Å². The first-order valence-electron chi connectivity index (χ1n) is 18.1. The average Bonchev–Trinajstić information content (AvgIpc) is 3.03. The highest BCUT2D eigenvalue weighted by Crippen LogP contribution is 2.36. The van der Waals surface area contributed by atoms with Gasteiger partial charge in [-0.05, 0) is 88.3 Å². The van der Waals surface area contributed by atoms with Crippen LogP contribution < -0.4 is 19.5 Å². The van der Waals surface area contributed by atoms with E-state index in [9.17, 15) is 18.0 Å². The van der Waals surface area contributed by atoms with E-state index in [0.717, 1.165) is 31.2 Å². The Labute approximate surface area is 308 Å². The fourth-order valence-electron chi connectivity index (χ4n) is 4.55. The number of unbranched alkanes of at least 4 members (excludes halogenated alkanes) is 4. The van der Waals surface area contributed by atoms with Gasteiger partial charge in [0, 0.05) is 12.1 Å². The second-order valence-electron chi connectivity index (χ2n) is 15.3. The summed E-state index contributed by atoms with van der Waals surface area (Å²) in [4.78, 5) is 25.3. The van der Waals surface area contributed by atoms with Crippen LogP contribution >= 0.6 is 0 Å². The van der Waals surface area contributed by atoms with E-state index in [-0.39, 0.29) is 17.2 Å². The van der Waals surface area contributed by atoms with Gasteiger partial charge in [-0.15, -0.1) is 0 Å². The summed E-state index contributed by atoms with van der Waals surface area (Å²) in [6, 6.07) is 13.3. The number of carbonyl (C=O) groups excluding carboxylic acids is 2. The van der Waals surface area contributed by atoms with Crippen molar-refractivity contribution in [3.05, 3.63) is 65.7 Å². The Morgan fingerprint density at radius 3 is 2.22 bits per heavy atom. The lowest BCUT2D eigenvalue weighted by atomic mass is 10.1. The molecule has 0 unspecified atom stereocenters. The molecule has 0 saturated heterocycles. The zero-order valence-corrected chi connectivity index (χ0v) is 34.1. The molecule has 2 rings (SSSR count). The van der Waals surface area contributed by atoms with E-state index >= 15 is 0 Å². The van der Waals surface area contributed by atoms with Crippen LogP contribution in [0.4, 0.5) is 4.79 Å². The Kier molecular flexibility index (Phi) is 17.9. The quantitative estimate of drug-likeness (QED) is 0.0564. The van der Waals surface area contributed by atoms with Gasteiger partial charge in [-0.1, -0.05) is 89.4 Å². The summed E-state index contributed by atoms with van der Waals surface area (Å²) in [7, 11) is -5.64. The number of nitrogens with one attached hydrogen (secondary N) is 2. The van der Waals surface area contributed by atoms with Gasteiger partial charge in [0.2, 0.25) is 10.0 Å². The van der Waals surface area contributed by atoms with Gasteiger partial charge in [0.15, 0.2) is 8.32 Å². The molecule has 2 aromatic rings. The smallest absolute Gasteiger partial charge is 0.407 e. The number of ether oxygens (including phenoxy) is 3. The molecule has 2 aromatic carbocycles. The summed E-state index contributed by atoms with van der Waals surface area (Å²) in [6.07, 6.45) is 8.31. The van der Waals surface area contributed by atoms with Gasteiger partial charge in [-0.25, -0.2) is 22.7 Å². The van der Waals surface area contributed by atoms with Crippen molar-refractivity contribution in [2.75, 3.05) is 25.5 Å². The molecule has 0 aliphatic carbocycles.